The maximum atomic E-state index is 12.9. The van der Waals surface area contributed by atoms with Crippen LogP contribution >= 0.6 is 0 Å². The van der Waals surface area contributed by atoms with Crippen molar-refractivity contribution in [2.45, 2.75) is 63.5 Å². The lowest BCUT2D eigenvalue weighted by Crippen LogP contribution is -2.70. The Hall–Kier alpha value is -3.03. The van der Waals surface area contributed by atoms with E-state index in [1.165, 1.54) is 0 Å². The highest BCUT2D eigenvalue weighted by Gasteiger charge is 2.59. The first-order valence-corrected chi connectivity index (χ1v) is 10.9. The Bertz CT molecular complexity index is 991. The fourth-order valence-electron chi connectivity index (χ4n) is 6.43. The monoisotopic (exact) mass is 421 g/mol. The highest BCUT2D eigenvalue weighted by Crippen LogP contribution is 2.57. The highest BCUT2D eigenvalue weighted by molar-refractivity contribution is 5.92. The Morgan fingerprint density at radius 1 is 1.03 bits per heavy atom. The van der Waals surface area contributed by atoms with Gasteiger partial charge in [-0.25, -0.2) is 9.78 Å². The van der Waals surface area contributed by atoms with E-state index < -0.39 is 6.09 Å². The molecule has 162 valence electrons. The molecule has 2 unspecified atom stereocenters. The molecule has 0 radical (unpaired) electrons. The molecule has 2 atom stereocenters. The largest absolute Gasteiger partial charge is 0.414 e. The molecule has 0 saturated heterocycles. The average Bonchev–Trinajstić information content (AvgIpc) is 2.65. The second kappa shape index (κ2) is 7.28. The minimum Gasteiger partial charge on any atom is -0.391 e. The lowest BCUT2D eigenvalue weighted by molar-refractivity contribution is -0.0450. The van der Waals surface area contributed by atoms with Crippen LogP contribution in [-0.2, 0) is 0 Å². The molecular weight excluding hydrogens is 394 g/mol. The van der Waals surface area contributed by atoms with Gasteiger partial charge in [0.2, 0.25) is 5.88 Å². The minimum atomic E-state index is -0.495. The standard InChI is InChI=1S/C23H27N5O3/c1-14-7-19(26-15(2)25-14)31-21(30)28-23-11-16-8-17(12-23)10-22(9-16,13-23)27-20(29)18-5-3-4-6-24-18/h3-7,16-17H,8-13H2,1-2H3,(H,27,29)(H,28,30). The maximum absolute atomic E-state index is 12.9. The highest BCUT2D eigenvalue weighted by atomic mass is 16.6. The van der Waals surface area contributed by atoms with Crippen molar-refractivity contribution in [1.29, 1.82) is 0 Å². The molecule has 2 aromatic rings. The molecule has 6 rings (SSSR count). The van der Waals surface area contributed by atoms with E-state index in [1.807, 2.05) is 13.0 Å². The van der Waals surface area contributed by atoms with E-state index in [-0.39, 0.29) is 22.9 Å². The fourth-order valence-corrected chi connectivity index (χ4v) is 6.43. The second-order valence-electron chi connectivity index (χ2n) is 9.60. The number of hydrogen-bond donors (Lipinski definition) is 2. The number of aryl methyl sites for hydroxylation is 2. The third-order valence-corrected chi connectivity index (χ3v) is 6.84. The van der Waals surface area contributed by atoms with Crippen molar-refractivity contribution in [3.8, 4) is 5.88 Å². The van der Waals surface area contributed by atoms with Gasteiger partial charge in [0.15, 0.2) is 0 Å². The summed E-state index contributed by atoms with van der Waals surface area (Å²) >= 11 is 0. The quantitative estimate of drug-likeness (QED) is 0.786. The van der Waals surface area contributed by atoms with Crippen LogP contribution in [0.1, 0.15) is 60.5 Å². The van der Waals surface area contributed by atoms with Crippen molar-refractivity contribution in [1.82, 2.24) is 25.6 Å². The van der Waals surface area contributed by atoms with Crippen LogP contribution in [-0.4, -0.2) is 38.0 Å². The van der Waals surface area contributed by atoms with Gasteiger partial charge in [-0.3, -0.25) is 9.78 Å². The molecule has 4 bridgehead atoms. The van der Waals surface area contributed by atoms with Crippen molar-refractivity contribution in [2.24, 2.45) is 11.8 Å². The Morgan fingerprint density at radius 2 is 1.74 bits per heavy atom. The van der Waals surface area contributed by atoms with Crippen molar-refractivity contribution >= 4 is 12.0 Å². The lowest BCUT2D eigenvalue weighted by atomic mass is 9.50. The first kappa shape index (κ1) is 19.9. The van der Waals surface area contributed by atoms with Gasteiger partial charge in [0.05, 0.1) is 0 Å². The predicted molar refractivity (Wildman–Crippen MR) is 113 cm³/mol. The molecule has 8 nitrogen and oxygen atoms in total. The molecule has 0 spiro atoms. The number of amides is 2. The summed E-state index contributed by atoms with van der Waals surface area (Å²) in [6.45, 7) is 3.61. The van der Waals surface area contributed by atoms with Crippen LogP contribution in [0.4, 0.5) is 4.79 Å². The Kier molecular flexibility index (Phi) is 4.68. The van der Waals surface area contributed by atoms with E-state index in [4.69, 9.17) is 4.74 Å². The molecule has 4 aliphatic carbocycles. The van der Waals surface area contributed by atoms with Gasteiger partial charge in [0.25, 0.3) is 5.91 Å². The van der Waals surface area contributed by atoms with Crippen molar-refractivity contribution in [3.05, 3.63) is 47.7 Å². The molecule has 4 saturated carbocycles. The molecule has 8 heteroatoms. The number of rotatable bonds is 4. The van der Waals surface area contributed by atoms with Crippen molar-refractivity contribution in [2.75, 3.05) is 0 Å². The van der Waals surface area contributed by atoms with E-state index >= 15 is 0 Å². The molecule has 4 aliphatic rings. The summed E-state index contributed by atoms with van der Waals surface area (Å²) in [6.07, 6.45) is 6.74. The van der Waals surface area contributed by atoms with Crippen LogP contribution in [0.5, 0.6) is 5.88 Å². The third-order valence-electron chi connectivity index (χ3n) is 6.84. The summed E-state index contributed by atoms with van der Waals surface area (Å²) in [5.74, 6) is 1.63. The second-order valence-corrected chi connectivity index (χ2v) is 9.60. The summed E-state index contributed by atoms with van der Waals surface area (Å²) < 4.78 is 5.50. The van der Waals surface area contributed by atoms with E-state index in [1.54, 1.807) is 31.3 Å². The summed E-state index contributed by atoms with van der Waals surface area (Å²) in [5.41, 5.74) is 0.500. The number of nitrogens with zero attached hydrogens (tertiary/aromatic N) is 3. The molecule has 0 aromatic carbocycles. The number of carbonyl (C=O) groups is 2. The molecule has 2 heterocycles. The Morgan fingerprint density at radius 3 is 2.39 bits per heavy atom. The lowest BCUT2D eigenvalue weighted by Gasteiger charge is -2.61. The normalized spacial score (nSPS) is 30.6. The zero-order valence-corrected chi connectivity index (χ0v) is 17.9. The first-order chi connectivity index (χ1) is 14.8. The van der Waals surface area contributed by atoms with Crippen molar-refractivity contribution in [3.63, 3.8) is 0 Å². The summed E-state index contributed by atoms with van der Waals surface area (Å²) in [7, 11) is 0. The predicted octanol–water partition coefficient (Wildman–Crippen LogP) is 3.10. The fraction of sp³-hybridized carbons (Fsp3) is 0.522. The van der Waals surface area contributed by atoms with Crippen molar-refractivity contribution < 1.29 is 14.3 Å². The first-order valence-electron chi connectivity index (χ1n) is 10.9. The van der Waals surface area contributed by atoms with E-state index in [0.717, 1.165) is 37.8 Å². The average molecular weight is 422 g/mol. The number of nitrogens with one attached hydrogen (secondary N) is 2. The van der Waals surface area contributed by atoms with Crippen LogP contribution in [0.2, 0.25) is 0 Å². The summed E-state index contributed by atoms with van der Waals surface area (Å²) in [6, 6.07) is 7.00. The SMILES string of the molecule is Cc1cc(OC(=O)NC23CC4CC(C2)CC(NC(=O)c2ccccn2)(C4)C3)nc(C)n1. The molecular formula is C23H27N5O3. The van der Waals surface area contributed by atoms with E-state index in [0.29, 0.717) is 29.8 Å². The van der Waals surface area contributed by atoms with Gasteiger partial charge in [-0.1, -0.05) is 6.07 Å². The maximum Gasteiger partial charge on any atom is 0.414 e. The van der Waals surface area contributed by atoms with Gasteiger partial charge in [0, 0.05) is 29.0 Å². The molecule has 2 aromatic heterocycles. The van der Waals surface area contributed by atoms with Gasteiger partial charge >= 0.3 is 6.09 Å². The van der Waals surface area contributed by atoms with Crippen LogP contribution in [0.15, 0.2) is 30.5 Å². The number of hydrogen-bond acceptors (Lipinski definition) is 6. The number of ether oxygens (including phenoxy) is 1. The molecule has 4 fully saturated rings. The van der Waals surface area contributed by atoms with Crippen LogP contribution in [0, 0.1) is 25.7 Å². The van der Waals surface area contributed by atoms with E-state index in [2.05, 4.69) is 25.6 Å². The smallest absolute Gasteiger partial charge is 0.391 e. The topological polar surface area (TPSA) is 106 Å². The summed E-state index contributed by atoms with van der Waals surface area (Å²) in [4.78, 5) is 38.2. The van der Waals surface area contributed by atoms with Gasteiger partial charge in [0.1, 0.15) is 11.5 Å². The summed E-state index contributed by atoms with van der Waals surface area (Å²) in [5, 5.41) is 6.45. The zero-order chi connectivity index (χ0) is 21.6. The van der Waals surface area contributed by atoms with Crippen LogP contribution < -0.4 is 15.4 Å². The molecule has 31 heavy (non-hydrogen) atoms. The third kappa shape index (κ3) is 3.98. The van der Waals surface area contributed by atoms with Gasteiger partial charge < -0.3 is 15.4 Å². The van der Waals surface area contributed by atoms with E-state index in [9.17, 15) is 9.59 Å². The van der Waals surface area contributed by atoms with Crippen LogP contribution in [0.3, 0.4) is 0 Å². The zero-order valence-electron chi connectivity index (χ0n) is 17.9. The Labute approximate surface area is 181 Å². The Balaban J connectivity index is 1.32. The molecule has 2 N–H and O–H groups in total. The number of carbonyl (C=O) groups excluding carboxylic acids is 2. The van der Waals surface area contributed by atoms with Gasteiger partial charge in [-0.05, 0) is 76.3 Å². The molecule has 2 amide bonds. The van der Waals surface area contributed by atoms with Gasteiger partial charge in [-0.2, -0.15) is 4.98 Å². The minimum absolute atomic E-state index is 0.146. The molecule has 0 aliphatic heterocycles. The number of aromatic nitrogens is 3. The van der Waals surface area contributed by atoms with Gasteiger partial charge in [-0.15, -0.1) is 0 Å². The number of pyridine rings is 1. The van der Waals surface area contributed by atoms with Crippen LogP contribution in [0.25, 0.3) is 0 Å².